The van der Waals surface area contributed by atoms with Crippen LogP contribution < -0.4 is 5.56 Å². The molecule has 5 nitrogen and oxygen atoms in total. The van der Waals surface area contributed by atoms with Crippen LogP contribution in [0.4, 0.5) is 0 Å². The Kier molecular flexibility index (Phi) is 2.82. The number of benzene rings is 1. The molecule has 1 aromatic heterocycles. The zero-order chi connectivity index (χ0) is 14.3. The van der Waals surface area contributed by atoms with Gasteiger partial charge in [-0.15, -0.1) is 0 Å². The molecular formula is C15H13NO4. The Labute approximate surface area is 114 Å². The van der Waals surface area contributed by atoms with Crippen LogP contribution in [-0.4, -0.2) is 20.7 Å². The third-order valence-corrected chi connectivity index (χ3v) is 3.62. The molecule has 5 heteroatoms. The minimum atomic E-state index is -1.20. The second-order valence-corrected chi connectivity index (χ2v) is 4.78. The molecule has 2 N–H and O–H groups in total. The first-order valence-electron chi connectivity index (χ1n) is 6.38. The summed E-state index contributed by atoms with van der Waals surface area (Å²) in [5.74, 6) is -1.63. The standard InChI is InChI=1S/C15H13NO4/c17-13-11(9-5-2-1-3-6-9)14(18)16-8-4-7-10(16)12(13)15(19)20/h1-3,5-6,17H,4,7-8H2,(H,19,20). The number of pyridine rings is 1. The van der Waals surface area contributed by atoms with Crippen molar-refractivity contribution < 1.29 is 15.0 Å². The van der Waals surface area contributed by atoms with Gasteiger partial charge < -0.3 is 14.8 Å². The van der Waals surface area contributed by atoms with Crippen LogP contribution in [0.5, 0.6) is 5.75 Å². The van der Waals surface area contributed by atoms with Crippen LogP contribution in [0.25, 0.3) is 11.1 Å². The van der Waals surface area contributed by atoms with E-state index in [4.69, 9.17) is 0 Å². The highest BCUT2D eigenvalue weighted by atomic mass is 16.4. The Morgan fingerprint density at radius 3 is 2.55 bits per heavy atom. The number of aromatic nitrogens is 1. The van der Waals surface area contributed by atoms with Gasteiger partial charge in [0.1, 0.15) is 11.3 Å². The lowest BCUT2D eigenvalue weighted by atomic mass is 10.0. The molecule has 1 aliphatic rings. The van der Waals surface area contributed by atoms with Gasteiger partial charge in [-0.25, -0.2) is 4.79 Å². The first-order valence-corrected chi connectivity index (χ1v) is 6.38. The number of carbonyl (C=O) groups is 1. The van der Waals surface area contributed by atoms with E-state index in [1.54, 1.807) is 30.3 Å². The average molecular weight is 271 g/mol. The van der Waals surface area contributed by atoms with E-state index in [9.17, 15) is 19.8 Å². The number of aromatic carboxylic acids is 1. The van der Waals surface area contributed by atoms with Gasteiger partial charge in [-0.3, -0.25) is 4.79 Å². The molecule has 0 spiro atoms. The lowest BCUT2D eigenvalue weighted by Crippen LogP contribution is -2.24. The summed E-state index contributed by atoms with van der Waals surface area (Å²) in [5, 5.41) is 19.6. The summed E-state index contributed by atoms with van der Waals surface area (Å²) in [6.45, 7) is 0.495. The number of fused-ring (bicyclic) bond motifs is 1. The largest absolute Gasteiger partial charge is 0.506 e. The third kappa shape index (κ3) is 1.71. The predicted molar refractivity (Wildman–Crippen MR) is 73.1 cm³/mol. The normalized spacial score (nSPS) is 13.2. The second kappa shape index (κ2) is 4.52. The van der Waals surface area contributed by atoms with Crippen molar-refractivity contribution in [1.29, 1.82) is 0 Å². The van der Waals surface area contributed by atoms with E-state index in [-0.39, 0.29) is 16.7 Å². The maximum absolute atomic E-state index is 12.5. The molecule has 1 aromatic carbocycles. The zero-order valence-electron chi connectivity index (χ0n) is 10.7. The van der Waals surface area contributed by atoms with Crippen molar-refractivity contribution in [1.82, 2.24) is 4.57 Å². The SMILES string of the molecule is O=C(O)c1c(O)c(-c2ccccc2)c(=O)n2c1CCC2. The van der Waals surface area contributed by atoms with E-state index in [0.29, 0.717) is 30.6 Å². The van der Waals surface area contributed by atoms with E-state index in [1.165, 1.54) is 4.57 Å². The van der Waals surface area contributed by atoms with Gasteiger partial charge in [-0.05, 0) is 18.4 Å². The Morgan fingerprint density at radius 2 is 1.90 bits per heavy atom. The molecule has 0 saturated heterocycles. The van der Waals surface area contributed by atoms with Crippen molar-refractivity contribution in [2.75, 3.05) is 0 Å². The molecule has 20 heavy (non-hydrogen) atoms. The van der Waals surface area contributed by atoms with Crippen LogP contribution in [0, 0.1) is 0 Å². The Hall–Kier alpha value is -2.56. The van der Waals surface area contributed by atoms with Gasteiger partial charge in [0.15, 0.2) is 0 Å². The number of hydrogen-bond donors (Lipinski definition) is 2. The summed E-state index contributed by atoms with van der Waals surface area (Å²) in [5.41, 5.74) is 0.528. The Balaban J connectivity index is 2.40. The van der Waals surface area contributed by atoms with Crippen molar-refractivity contribution in [2.45, 2.75) is 19.4 Å². The maximum atomic E-state index is 12.5. The molecule has 2 aromatic rings. The van der Waals surface area contributed by atoms with E-state index in [2.05, 4.69) is 0 Å². The molecular weight excluding hydrogens is 258 g/mol. The zero-order valence-corrected chi connectivity index (χ0v) is 10.7. The number of carboxylic acids is 1. The second-order valence-electron chi connectivity index (χ2n) is 4.78. The minimum absolute atomic E-state index is 0.0636. The quantitative estimate of drug-likeness (QED) is 0.873. The van der Waals surface area contributed by atoms with Crippen LogP contribution >= 0.6 is 0 Å². The number of aromatic hydroxyl groups is 1. The molecule has 0 fully saturated rings. The van der Waals surface area contributed by atoms with E-state index < -0.39 is 11.7 Å². The van der Waals surface area contributed by atoms with Crippen LogP contribution in [-0.2, 0) is 13.0 Å². The summed E-state index contributed by atoms with van der Waals surface area (Å²) < 4.78 is 1.46. The molecule has 2 heterocycles. The summed E-state index contributed by atoms with van der Waals surface area (Å²) in [6.07, 6.45) is 1.21. The van der Waals surface area contributed by atoms with Crippen LogP contribution in [0.2, 0.25) is 0 Å². The lowest BCUT2D eigenvalue weighted by molar-refractivity contribution is 0.0691. The topological polar surface area (TPSA) is 79.5 Å². The average Bonchev–Trinajstić information content (AvgIpc) is 2.89. The Morgan fingerprint density at radius 1 is 1.20 bits per heavy atom. The first kappa shape index (κ1) is 12.5. The lowest BCUT2D eigenvalue weighted by Gasteiger charge is -2.13. The molecule has 0 amide bonds. The first-order chi connectivity index (χ1) is 9.61. The fraction of sp³-hybridized carbons (Fsp3) is 0.200. The fourth-order valence-corrected chi connectivity index (χ4v) is 2.75. The molecule has 1 aliphatic heterocycles. The molecule has 0 radical (unpaired) electrons. The molecule has 3 rings (SSSR count). The molecule has 0 atom stereocenters. The van der Waals surface area contributed by atoms with Crippen LogP contribution in [0.1, 0.15) is 22.5 Å². The molecule has 0 aliphatic carbocycles. The summed E-state index contributed by atoms with van der Waals surface area (Å²) in [7, 11) is 0. The number of carboxylic acid groups (broad SMARTS) is 1. The number of hydrogen-bond acceptors (Lipinski definition) is 3. The minimum Gasteiger partial charge on any atom is -0.506 e. The van der Waals surface area contributed by atoms with Gasteiger partial charge in [0.2, 0.25) is 0 Å². The summed E-state index contributed by atoms with van der Waals surface area (Å²) >= 11 is 0. The van der Waals surface area contributed by atoms with Crippen LogP contribution in [0.15, 0.2) is 35.1 Å². The fourth-order valence-electron chi connectivity index (χ4n) is 2.75. The highest BCUT2D eigenvalue weighted by molar-refractivity contribution is 5.95. The van der Waals surface area contributed by atoms with Crippen molar-refractivity contribution in [3.8, 4) is 16.9 Å². The van der Waals surface area contributed by atoms with Gasteiger partial charge in [0, 0.05) is 12.2 Å². The van der Waals surface area contributed by atoms with E-state index >= 15 is 0 Å². The van der Waals surface area contributed by atoms with Gasteiger partial charge in [-0.1, -0.05) is 30.3 Å². The highest BCUT2D eigenvalue weighted by Gasteiger charge is 2.28. The van der Waals surface area contributed by atoms with Gasteiger partial charge in [-0.2, -0.15) is 0 Å². The van der Waals surface area contributed by atoms with E-state index in [1.807, 2.05) is 0 Å². The summed E-state index contributed by atoms with van der Waals surface area (Å²) in [6, 6.07) is 8.65. The maximum Gasteiger partial charge on any atom is 0.341 e. The van der Waals surface area contributed by atoms with Crippen molar-refractivity contribution in [2.24, 2.45) is 0 Å². The van der Waals surface area contributed by atoms with Crippen LogP contribution in [0.3, 0.4) is 0 Å². The number of nitrogens with zero attached hydrogens (tertiary/aromatic N) is 1. The molecule has 102 valence electrons. The van der Waals surface area contributed by atoms with Crippen molar-refractivity contribution in [3.05, 3.63) is 51.9 Å². The highest BCUT2D eigenvalue weighted by Crippen LogP contribution is 2.33. The van der Waals surface area contributed by atoms with E-state index in [0.717, 1.165) is 0 Å². The molecule has 0 unspecified atom stereocenters. The smallest absolute Gasteiger partial charge is 0.341 e. The predicted octanol–water partition coefficient (Wildman–Crippen LogP) is 1.87. The van der Waals surface area contributed by atoms with Gasteiger partial charge in [0.05, 0.1) is 5.56 Å². The molecule has 0 saturated carbocycles. The van der Waals surface area contributed by atoms with Gasteiger partial charge in [0.25, 0.3) is 5.56 Å². The number of rotatable bonds is 2. The van der Waals surface area contributed by atoms with Gasteiger partial charge >= 0.3 is 5.97 Å². The molecule has 0 bridgehead atoms. The monoisotopic (exact) mass is 271 g/mol. The summed E-state index contributed by atoms with van der Waals surface area (Å²) in [4.78, 5) is 23.9. The Bertz CT molecular complexity index is 747. The van der Waals surface area contributed by atoms with Crippen molar-refractivity contribution >= 4 is 5.97 Å². The third-order valence-electron chi connectivity index (χ3n) is 3.62. The van der Waals surface area contributed by atoms with Crippen molar-refractivity contribution in [3.63, 3.8) is 0 Å².